The first-order valence-corrected chi connectivity index (χ1v) is 3.25. The highest BCUT2D eigenvalue weighted by atomic mass is 15.0. The molecule has 0 radical (unpaired) electrons. The lowest BCUT2D eigenvalue weighted by molar-refractivity contribution is 0.511. The summed E-state index contributed by atoms with van der Waals surface area (Å²) in [7, 11) is 2.02. The van der Waals surface area contributed by atoms with E-state index < -0.39 is 0 Å². The minimum atomic E-state index is 0.667. The van der Waals surface area contributed by atoms with Gasteiger partial charge in [-0.05, 0) is 26.9 Å². The highest BCUT2D eigenvalue weighted by Gasteiger charge is 2.19. The number of hydrogen-bond acceptors (Lipinski definition) is 2. The number of rotatable bonds is 1. The van der Waals surface area contributed by atoms with Gasteiger partial charge < -0.3 is 10.6 Å². The molecule has 8 heavy (non-hydrogen) atoms. The summed E-state index contributed by atoms with van der Waals surface area (Å²) in [4.78, 5) is 0. The van der Waals surface area contributed by atoms with Gasteiger partial charge in [0.05, 0.1) is 0 Å². The van der Waals surface area contributed by atoms with E-state index in [1.165, 1.54) is 13.0 Å². The quantitative estimate of drug-likeness (QED) is 0.499. The molecule has 1 aliphatic heterocycles. The Morgan fingerprint density at radius 2 is 2.38 bits per heavy atom. The van der Waals surface area contributed by atoms with Crippen molar-refractivity contribution in [3.05, 3.63) is 0 Å². The predicted molar refractivity (Wildman–Crippen MR) is 34.9 cm³/mol. The van der Waals surface area contributed by atoms with E-state index in [4.69, 9.17) is 0 Å². The fraction of sp³-hybridized carbons (Fsp3) is 1.00. The summed E-state index contributed by atoms with van der Waals surface area (Å²) in [5, 5.41) is 6.61. The fourth-order valence-electron chi connectivity index (χ4n) is 1.25. The molecule has 0 aromatic heterocycles. The van der Waals surface area contributed by atoms with Crippen LogP contribution in [0, 0.1) is 0 Å². The van der Waals surface area contributed by atoms with Crippen molar-refractivity contribution in [1.29, 1.82) is 0 Å². The second-order valence-electron chi connectivity index (χ2n) is 2.43. The summed E-state index contributed by atoms with van der Waals surface area (Å²) in [5.41, 5.74) is 0. The SMILES string of the molecule is CNC1CCN[C@@H]1C. The standard InChI is InChI=1S/C6H14N2/c1-5-6(7-2)3-4-8-5/h5-8H,3-4H2,1-2H3/t5-,6?/m1/s1. The zero-order valence-electron chi connectivity index (χ0n) is 5.57. The van der Waals surface area contributed by atoms with Crippen molar-refractivity contribution < 1.29 is 0 Å². The largest absolute Gasteiger partial charge is 0.315 e. The topological polar surface area (TPSA) is 24.1 Å². The molecule has 2 N–H and O–H groups in total. The van der Waals surface area contributed by atoms with E-state index in [0.29, 0.717) is 12.1 Å². The molecule has 2 atom stereocenters. The van der Waals surface area contributed by atoms with Crippen LogP contribution in [0.4, 0.5) is 0 Å². The van der Waals surface area contributed by atoms with Crippen LogP contribution in [0.15, 0.2) is 0 Å². The van der Waals surface area contributed by atoms with Crippen LogP contribution in [-0.4, -0.2) is 25.7 Å². The molecule has 1 heterocycles. The average molecular weight is 114 g/mol. The van der Waals surface area contributed by atoms with Crippen molar-refractivity contribution in [1.82, 2.24) is 10.6 Å². The van der Waals surface area contributed by atoms with Crippen molar-refractivity contribution in [3.8, 4) is 0 Å². The molecule has 0 bridgehead atoms. The van der Waals surface area contributed by atoms with Crippen LogP contribution < -0.4 is 10.6 Å². The second-order valence-corrected chi connectivity index (χ2v) is 2.43. The Bertz CT molecular complexity index is 72.9. The maximum atomic E-state index is 3.36. The predicted octanol–water partition coefficient (Wildman–Crippen LogP) is -0.0438. The monoisotopic (exact) mass is 114 g/mol. The van der Waals surface area contributed by atoms with Crippen LogP contribution in [0.5, 0.6) is 0 Å². The molecule has 0 aromatic carbocycles. The van der Waals surface area contributed by atoms with E-state index in [9.17, 15) is 0 Å². The molecule has 1 fully saturated rings. The van der Waals surface area contributed by atoms with Gasteiger partial charge in [-0.2, -0.15) is 0 Å². The number of hydrogen-bond donors (Lipinski definition) is 2. The number of likely N-dealkylation sites (N-methyl/N-ethyl adjacent to an activating group) is 1. The van der Waals surface area contributed by atoms with Crippen LogP contribution in [0.3, 0.4) is 0 Å². The lowest BCUT2D eigenvalue weighted by atomic mass is 10.1. The molecule has 1 unspecified atom stereocenters. The zero-order chi connectivity index (χ0) is 5.98. The Morgan fingerprint density at radius 1 is 1.62 bits per heavy atom. The molecule has 48 valence electrons. The fourth-order valence-corrected chi connectivity index (χ4v) is 1.25. The first kappa shape index (κ1) is 6.05. The number of nitrogens with one attached hydrogen (secondary N) is 2. The molecular formula is C6H14N2. The Hall–Kier alpha value is -0.0800. The van der Waals surface area contributed by atoms with Crippen molar-refractivity contribution in [2.24, 2.45) is 0 Å². The van der Waals surface area contributed by atoms with Gasteiger partial charge in [0.1, 0.15) is 0 Å². The van der Waals surface area contributed by atoms with E-state index in [2.05, 4.69) is 17.6 Å². The first-order chi connectivity index (χ1) is 3.84. The van der Waals surface area contributed by atoms with E-state index in [0.717, 1.165) is 0 Å². The molecule has 0 saturated carbocycles. The molecule has 0 aromatic rings. The van der Waals surface area contributed by atoms with E-state index in [1.807, 2.05) is 7.05 Å². The summed E-state index contributed by atoms with van der Waals surface area (Å²) in [6, 6.07) is 1.37. The van der Waals surface area contributed by atoms with Gasteiger partial charge in [-0.3, -0.25) is 0 Å². The van der Waals surface area contributed by atoms with E-state index in [-0.39, 0.29) is 0 Å². The smallest absolute Gasteiger partial charge is 0.0227 e. The Morgan fingerprint density at radius 3 is 2.62 bits per heavy atom. The summed E-state index contributed by atoms with van der Waals surface area (Å²) < 4.78 is 0. The first-order valence-electron chi connectivity index (χ1n) is 3.25. The van der Waals surface area contributed by atoms with Crippen LogP contribution in [0.2, 0.25) is 0 Å². The molecule has 1 aliphatic rings. The average Bonchev–Trinajstić information content (AvgIpc) is 2.14. The van der Waals surface area contributed by atoms with E-state index in [1.54, 1.807) is 0 Å². The maximum Gasteiger partial charge on any atom is 0.0227 e. The van der Waals surface area contributed by atoms with Gasteiger partial charge in [0.2, 0.25) is 0 Å². The van der Waals surface area contributed by atoms with Crippen molar-refractivity contribution in [3.63, 3.8) is 0 Å². The molecule has 0 amide bonds. The van der Waals surface area contributed by atoms with E-state index >= 15 is 0 Å². The third kappa shape index (κ3) is 1.01. The minimum absolute atomic E-state index is 0.667. The summed E-state index contributed by atoms with van der Waals surface area (Å²) in [6.45, 7) is 3.39. The molecule has 2 heteroatoms. The van der Waals surface area contributed by atoms with Crippen LogP contribution in [-0.2, 0) is 0 Å². The molecule has 0 aliphatic carbocycles. The third-order valence-corrected chi connectivity index (χ3v) is 1.90. The van der Waals surface area contributed by atoms with Crippen molar-refractivity contribution in [2.75, 3.05) is 13.6 Å². The summed E-state index contributed by atoms with van der Waals surface area (Å²) in [6.07, 6.45) is 1.28. The van der Waals surface area contributed by atoms with Gasteiger partial charge >= 0.3 is 0 Å². The van der Waals surface area contributed by atoms with Crippen LogP contribution >= 0.6 is 0 Å². The van der Waals surface area contributed by atoms with Gasteiger partial charge in [-0.15, -0.1) is 0 Å². The Kier molecular flexibility index (Phi) is 1.86. The highest BCUT2D eigenvalue weighted by Crippen LogP contribution is 2.03. The highest BCUT2D eigenvalue weighted by molar-refractivity contribution is 4.84. The maximum absolute atomic E-state index is 3.36. The molecule has 1 saturated heterocycles. The lowest BCUT2D eigenvalue weighted by Crippen LogP contribution is -2.35. The van der Waals surface area contributed by atoms with Gasteiger partial charge in [0, 0.05) is 12.1 Å². The Balaban J connectivity index is 2.30. The third-order valence-electron chi connectivity index (χ3n) is 1.90. The second kappa shape index (κ2) is 2.46. The molecule has 0 spiro atoms. The Labute approximate surface area is 50.7 Å². The van der Waals surface area contributed by atoms with Crippen molar-refractivity contribution in [2.45, 2.75) is 25.4 Å². The minimum Gasteiger partial charge on any atom is -0.315 e. The zero-order valence-corrected chi connectivity index (χ0v) is 5.57. The van der Waals surface area contributed by atoms with Crippen LogP contribution in [0.25, 0.3) is 0 Å². The molecule has 2 nitrogen and oxygen atoms in total. The normalized spacial score (nSPS) is 38.2. The summed E-state index contributed by atoms with van der Waals surface area (Å²) >= 11 is 0. The van der Waals surface area contributed by atoms with Gasteiger partial charge in [-0.1, -0.05) is 0 Å². The van der Waals surface area contributed by atoms with Gasteiger partial charge in [-0.25, -0.2) is 0 Å². The van der Waals surface area contributed by atoms with Gasteiger partial charge in [0.15, 0.2) is 0 Å². The lowest BCUT2D eigenvalue weighted by Gasteiger charge is -2.12. The summed E-state index contributed by atoms with van der Waals surface area (Å²) in [5.74, 6) is 0. The molecule has 1 rings (SSSR count). The molecular weight excluding hydrogens is 100 g/mol. The van der Waals surface area contributed by atoms with Gasteiger partial charge in [0.25, 0.3) is 0 Å². The van der Waals surface area contributed by atoms with Crippen LogP contribution in [0.1, 0.15) is 13.3 Å². The van der Waals surface area contributed by atoms with Crippen molar-refractivity contribution >= 4 is 0 Å².